The Balaban J connectivity index is 1.97. The fourth-order valence-electron chi connectivity index (χ4n) is 4.61. The van der Waals surface area contributed by atoms with Crippen LogP contribution in [0, 0.1) is 0 Å². The Morgan fingerprint density at radius 2 is 1.00 bits per heavy atom. The van der Waals surface area contributed by atoms with Crippen LogP contribution in [-0.2, 0) is 38.2 Å². The summed E-state index contributed by atoms with van der Waals surface area (Å²) in [6.07, 6.45) is 3.04. The number of thioether (sulfide) groups is 4. The number of amides is 2. The summed E-state index contributed by atoms with van der Waals surface area (Å²) in [5, 5.41) is 2.96. The normalized spacial score (nSPS) is 14.9. The van der Waals surface area contributed by atoms with E-state index in [0.29, 0.717) is 40.0 Å². The van der Waals surface area contributed by atoms with Crippen molar-refractivity contribution in [2.24, 2.45) is 0 Å². The van der Waals surface area contributed by atoms with E-state index in [-0.39, 0.29) is 61.0 Å². The second-order valence-corrected chi connectivity index (χ2v) is 15.7. The second-order valence-electron chi connectivity index (χ2n) is 11.1. The molecular weight excluding hydrogens is 725 g/mol. The van der Waals surface area contributed by atoms with Crippen molar-refractivity contribution in [2.45, 2.75) is 86.8 Å². The summed E-state index contributed by atoms with van der Waals surface area (Å²) in [7, 11) is 0. The minimum absolute atomic E-state index is 0.0115. The highest BCUT2D eigenvalue weighted by Crippen LogP contribution is 2.68. The van der Waals surface area contributed by atoms with E-state index in [1.807, 2.05) is 13.8 Å². The molecule has 0 N–H and O–H groups in total. The smallest absolute Gasteiger partial charge is 0.347 e. The van der Waals surface area contributed by atoms with Crippen LogP contribution in [0.5, 0.6) is 11.5 Å². The van der Waals surface area contributed by atoms with Gasteiger partial charge in [0.05, 0.1) is 41.3 Å². The average molecular weight is 763 g/mol. The summed E-state index contributed by atoms with van der Waals surface area (Å²) in [4.78, 5) is 81.1. The van der Waals surface area contributed by atoms with Gasteiger partial charge in [-0.2, -0.15) is 0 Å². The van der Waals surface area contributed by atoms with Gasteiger partial charge in [-0.3, -0.25) is 9.59 Å². The van der Waals surface area contributed by atoms with Crippen LogP contribution in [0.3, 0.4) is 0 Å². The van der Waals surface area contributed by atoms with Crippen molar-refractivity contribution in [3.63, 3.8) is 0 Å². The molecule has 4 rings (SSSR count). The number of carbonyl (C=O) groups excluding carboxylic acids is 6. The summed E-state index contributed by atoms with van der Waals surface area (Å²) in [6.45, 7) is 18.2. The third-order valence-corrected chi connectivity index (χ3v) is 12.3. The Hall–Kier alpha value is -3.60. The summed E-state index contributed by atoms with van der Waals surface area (Å²) in [6, 6.07) is 0. The van der Waals surface area contributed by atoms with Gasteiger partial charge in [-0.05, 0) is 40.5 Å². The summed E-state index contributed by atoms with van der Waals surface area (Å²) in [5.41, 5.74) is -0.238. The quantitative estimate of drug-likeness (QED) is 0.0645. The van der Waals surface area contributed by atoms with E-state index >= 15 is 0 Å². The maximum Gasteiger partial charge on any atom is 0.347 e. The highest BCUT2D eigenvalue weighted by Gasteiger charge is 2.47. The molecule has 3 aliphatic rings. The fourth-order valence-corrected chi connectivity index (χ4v) is 10.1. The first-order valence-electron chi connectivity index (χ1n) is 16.0. The molecule has 3 heterocycles. The van der Waals surface area contributed by atoms with Gasteiger partial charge in [0.15, 0.2) is 17.1 Å². The van der Waals surface area contributed by atoms with Gasteiger partial charge < -0.3 is 18.9 Å². The Labute approximate surface area is 307 Å². The van der Waals surface area contributed by atoms with Crippen LogP contribution < -0.4 is 9.47 Å². The molecule has 0 aromatic heterocycles. The van der Waals surface area contributed by atoms with Crippen LogP contribution >= 0.6 is 47.0 Å². The number of ether oxygens (including phenoxy) is 4. The summed E-state index contributed by atoms with van der Waals surface area (Å²) in [5.74, 6) is -4.22. The van der Waals surface area contributed by atoms with Gasteiger partial charge in [0.1, 0.15) is 5.57 Å². The van der Waals surface area contributed by atoms with Gasteiger partial charge in [0.25, 0.3) is 11.8 Å². The van der Waals surface area contributed by atoms with Crippen molar-refractivity contribution >= 4 is 82.7 Å². The Kier molecular flexibility index (Phi) is 13.4. The number of hydrogen-bond acceptors (Lipinski definition) is 14. The number of hydrogen-bond donors (Lipinski definition) is 0. The molecular formula is C34H38N2O10S4. The molecule has 12 nitrogen and oxygen atoms in total. The molecule has 0 atom stereocenters. The average Bonchev–Trinajstić information content (AvgIpc) is 3.75. The van der Waals surface area contributed by atoms with Crippen molar-refractivity contribution in [2.75, 3.05) is 26.3 Å². The van der Waals surface area contributed by atoms with Gasteiger partial charge in [-0.1, -0.05) is 86.9 Å². The topological polar surface area (TPSA) is 146 Å². The maximum atomic E-state index is 13.9. The van der Waals surface area contributed by atoms with E-state index in [2.05, 4.69) is 13.2 Å². The Morgan fingerprint density at radius 1 is 0.620 bits per heavy atom. The lowest BCUT2D eigenvalue weighted by atomic mass is 10.3. The van der Waals surface area contributed by atoms with Crippen LogP contribution in [-0.4, -0.2) is 72.0 Å². The molecule has 1 saturated heterocycles. The SMILES string of the molecule is C=C(C)C(=O)Oc1c2c(c(OC(=O)C(=C)C)c3c1SC(=C1C(=O)N(CCCC)N(CCCC)C1=O)S3)SC(=C(C(=O)OCC)C(=O)OCC)S2. The molecule has 1 aromatic rings. The van der Waals surface area contributed by atoms with Crippen molar-refractivity contribution in [3.8, 4) is 11.5 Å². The fraction of sp³-hybridized carbons (Fsp3) is 0.412. The number of carbonyl (C=O) groups is 6. The number of nitrogens with zero attached hydrogens (tertiary/aromatic N) is 2. The molecule has 50 heavy (non-hydrogen) atoms. The molecule has 0 radical (unpaired) electrons. The number of unbranched alkanes of at least 4 members (excludes halogenated alkanes) is 2. The largest absolute Gasteiger partial charge is 0.462 e. The third-order valence-electron chi connectivity index (χ3n) is 7.11. The lowest BCUT2D eigenvalue weighted by molar-refractivity contribution is -0.147. The number of benzene rings is 1. The molecule has 1 aromatic carbocycles. The zero-order valence-corrected chi connectivity index (χ0v) is 31.9. The lowest BCUT2D eigenvalue weighted by Crippen LogP contribution is -2.42. The van der Waals surface area contributed by atoms with Crippen LogP contribution in [0.1, 0.15) is 67.2 Å². The second kappa shape index (κ2) is 17.1. The van der Waals surface area contributed by atoms with E-state index in [1.165, 1.54) is 23.9 Å². The molecule has 16 heteroatoms. The monoisotopic (exact) mass is 762 g/mol. The van der Waals surface area contributed by atoms with Gasteiger partial charge in [0.2, 0.25) is 0 Å². The van der Waals surface area contributed by atoms with E-state index in [1.54, 1.807) is 13.8 Å². The zero-order chi connectivity index (χ0) is 36.9. The van der Waals surface area contributed by atoms with E-state index < -0.39 is 35.7 Å². The maximum absolute atomic E-state index is 13.9. The van der Waals surface area contributed by atoms with Gasteiger partial charge >= 0.3 is 23.9 Å². The zero-order valence-electron chi connectivity index (χ0n) is 28.7. The standard InChI is InChI=1S/C34H38N2O10S4/c1-9-13-15-35-27(37)19(28(38)36(35)16-14-10-2)33-47-23-21(45-29(39)17(5)6)25-26(22(24(23)48-33)46-30(40)18(7)8)50-34(49-25)20(31(41)43-11-3)32(42)44-12-4/h5,7,9-16H2,1-4,6,8H3. The molecule has 0 saturated carbocycles. The van der Waals surface area contributed by atoms with Crippen molar-refractivity contribution < 1.29 is 47.7 Å². The number of hydrazine groups is 1. The highest BCUT2D eigenvalue weighted by atomic mass is 32.2. The molecule has 0 aliphatic carbocycles. The van der Waals surface area contributed by atoms with Crippen molar-refractivity contribution in [3.05, 3.63) is 43.9 Å². The van der Waals surface area contributed by atoms with Crippen molar-refractivity contribution in [1.82, 2.24) is 10.0 Å². The molecule has 0 bridgehead atoms. The number of rotatable bonds is 14. The van der Waals surface area contributed by atoms with Crippen LogP contribution in [0.4, 0.5) is 0 Å². The van der Waals surface area contributed by atoms with E-state index in [4.69, 9.17) is 18.9 Å². The van der Waals surface area contributed by atoms with Crippen LogP contribution in [0.15, 0.2) is 63.5 Å². The van der Waals surface area contributed by atoms with E-state index in [0.717, 1.165) is 59.9 Å². The molecule has 3 aliphatic heterocycles. The lowest BCUT2D eigenvalue weighted by Gasteiger charge is -2.27. The Bertz CT molecular complexity index is 1630. The first-order valence-corrected chi connectivity index (χ1v) is 19.2. The molecule has 0 unspecified atom stereocenters. The minimum Gasteiger partial charge on any atom is -0.462 e. The van der Waals surface area contributed by atoms with Crippen LogP contribution in [0.25, 0.3) is 0 Å². The van der Waals surface area contributed by atoms with E-state index in [9.17, 15) is 28.8 Å². The highest BCUT2D eigenvalue weighted by molar-refractivity contribution is 8.26. The molecule has 268 valence electrons. The number of esters is 4. The molecule has 2 amide bonds. The number of fused-ring (bicyclic) bond motifs is 2. The predicted molar refractivity (Wildman–Crippen MR) is 191 cm³/mol. The Morgan fingerprint density at radius 3 is 1.34 bits per heavy atom. The van der Waals surface area contributed by atoms with Gasteiger partial charge in [-0.25, -0.2) is 29.2 Å². The molecule has 1 fully saturated rings. The summed E-state index contributed by atoms with van der Waals surface area (Å²) < 4.78 is 22.6. The summed E-state index contributed by atoms with van der Waals surface area (Å²) >= 11 is 3.93. The first kappa shape index (κ1) is 39.2. The van der Waals surface area contributed by atoms with Gasteiger partial charge in [-0.15, -0.1) is 0 Å². The minimum atomic E-state index is -0.920. The van der Waals surface area contributed by atoms with Gasteiger partial charge in [0, 0.05) is 24.2 Å². The van der Waals surface area contributed by atoms with Crippen molar-refractivity contribution in [1.29, 1.82) is 0 Å². The predicted octanol–water partition coefficient (Wildman–Crippen LogP) is 6.78. The molecule has 0 spiro atoms. The van der Waals surface area contributed by atoms with Crippen LogP contribution in [0.2, 0.25) is 0 Å². The third kappa shape index (κ3) is 7.98. The first-order chi connectivity index (χ1) is 23.8.